The zero-order chi connectivity index (χ0) is 17.8. The van der Waals surface area contributed by atoms with Crippen molar-refractivity contribution in [2.45, 2.75) is 18.9 Å². The number of carbonyl (C=O) groups is 2. The number of rotatable bonds is 4. The summed E-state index contributed by atoms with van der Waals surface area (Å²) in [6, 6.07) is 16.7. The molecule has 0 aromatic heterocycles. The van der Waals surface area contributed by atoms with Crippen molar-refractivity contribution in [1.82, 2.24) is 4.90 Å². The molecule has 3 rings (SSSR count). The van der Waals surface area contributed by atoms with Gasteiger partial charge in [0.15, 0.2) is 0 Å². The topological polar surface area (TPSA) is 58.6 Å². The van der Waals surface area contributed by atoms with E-state index in [-0.39, 0.29) is 23.8 Å². The van der Waals surface area contributed by atoms with E-state index in [0.717, 1.165) is 5.56 Å². The lowest BCUT2D eigenvalue weighted by Crippen LogP contribution is -2.44. The summed E-state index contributed by atoms with van der Waals surface area (Å²) >= 11 is 0. The minimum atomic E-state index is -0.295. The first-order chi connectivity index (χ1) is 12.1. The van der Waals surface area contributed by atoms with Crippen LogP contribution in [0.5, 0.6) is 5.75 Å². The SMILES string of the molecule is COc1cccc(NC(=O)[C@@H]2CCC(=O)N(C)[C@@H]2c2ccccc2)c1. The van der Waals surface area contributed by atoms with Gasteiger partial charge in [-0.1, -0.05) is 36.4 Å². The lowest BCUT2D eigenvalue weighted by molar-refractivity contribution is -0.140. The summed E-state index contributed by atoms with van der Waals surface area (Å²) in [6.07, 6.45) is 0.925. The van der Waals surface area contributed by atoms with E-state index >= 15 is 0 Å². The van der Waals surface area contributed by atoms with Crippen LogP contribution in [0.15, 0.2) is 54.6 Å². The van der Waals surface area contributed by atoms with Crippen molar-refractivity contribution in [3.8, 4) is 5.75 Å². The Morgan fingerprint density at radius 2 is 1.92 bits per heavy atom. The van der Waals surface area contributed by atoms with Crippen molar-refractivity contribution in [3.05, 3.63) is 60.2 Å². The first kappa shape index (κ1) is 17.0. The number of likely N-dealkylation sites (tertiary alicyclic amines) is 1. The van der Waals surface area contributed by atoms with Crippen molar-refractivity contribution in [2.75, 3.05) is 19.5 Å². The van der Waals surface area contributed by atoms with Crippen molar-refractivity contribution < 1.29 is 14.3 Å². The Morgan fingerprint density at radius 1 is 1.16 bits per heavy atom. The zero-order valence-electron chi connectivity index (χ0n) is 14.4. The maximum Gasteiger partial charge on any atom is 0.229 e. The predicted molar refractivity (Wildman–Crippen MR) is 96.3 cm³/mol. The third-order valence-electron chi connectivity index (χ3n) is 4.68. The second-order valence-corrected chi connectivity index (χ2v) is 6.23. The molecule has 0 aliphatic carbocycles. The quantitative estimate of drug-likeness (QED) is 0.931. The first-order valence-corrected chi connectivity index (χ1v) is 8.35. The number of carbonyl (C=O) groups excluding carboxylic acids is 2. The summed E-state index contributed by atoms with van der Waals surface area (Å²) in [5.74, 6) is 0.380. The largest absolute Gasteiger partial charge is 0.497 e. The highest BCUT2D eigenvalue weighted by molar-refractivity contribution is 5.94. The molecule has 1 N–H and O–H groups in total. The smallest absolute Gasteiger partial charge is 0.229 e. The minimum absolute atomic E-state index is 0.0688. The number of anilines is 1. The van der Waals surface area contributed by atoms with E-state index in [0.29, 0.717) is 24.3 Å². The fraction of sp³-hybridized carbons (Fsp3) is 0.300. The molecule has 0 saturated carbocycles. The van der Waals surface area contributed by atoms with E-state index in [9.17, 15) is 9.59 Å². The molecule has 130 valence electrons. The minimum Gasteiger partial charge on any atom is -0.497 e. The molecular formula is C20H22N2O3. The van der Waals surface area contributed by atoms with Gasteiger partial charge in [-0.3, -0.25) is 9.59 Å². The van der Waals surface area contributed by atoms with Crippen molar-refractivity contribution >= 4 is 17.5 Å². The van der Waals surface area contributed by atoms with Crippen LogP contribution in [0.1, 0.15) is 24.4 Å². The molecule has 5 heteroatoms. The average Bonchev–Trinajstić information content (AvgIpc) is 2.64. The molecule has 1 heterocycles. The molecule has 0 radical (unpaired) electrons. The number of hydrogen-bond acceptors (Lipinski definition) is 3. The molecule has 2 aromatic rings. The molecule has 0 spiro atoms. The van der Waals surface area contributed by atoms with Gasteiger partial charge in [-0.25, -0.2) is 0 Å². The fourth-order valence-corrected chi connectivity index (χ4v) is 3.35. The molecule has 5 nitrogen and oxygen atoms in total. The number of benzene rings is 2. The molecule has 0 bridgehead atoms. The molecule has 1 fully saturated rings. The predicted octanol–water partition coefficient (Wildman–Crippen LogP) is 3.24. The monoisotopic (exact) mass is 338 g/mol. The standard InChI is InChI=1S/C20H22N2O3/c1-22-18(23)12-11-17(19(22)14-7-4-3-5-8-14)20(24)21-15-9-6-10-16(13-15)25-2/h3-10,13,17,19H,11-12H2,1-2H3,(H,21,24)/t17-,19-/m1/s1. The van der Waals surface area contributed by atoms with E-state index in [4.69, 9.17) is 4.74 Å². The number of nitrogens with zero attached hydrogens (tertiary/aromatic N) is 1. The third kappa shape index (κ3) is 3.65. The van der Waals surface area contributed by atoms with Crippen molar-refractivity contribution in [3.63, 3.8) is 0 Å². The van der Waals surface area contributed by atoms with Crippen molar-refractivity contribution in [2.24, 2.45) is 5.92 Å². The van der Waals surface area contributed by atoms with Crippen LogP contribution >= 0.6 is 0 Å². The summed E-state index contributed by atoms with van der Waals surface area (Å²) in [7, 11) is 3.36. The van der Waals surface area contributed by atoms with Crippen LogP contribution in [-0.2, 0) is 9.59 Å². The van der Waals surface area contributed by atoms with E-state index in [1.807, 2.05) is 48.5 Å². The van der Waals surface area contributed by atoms with E-state index in [1.54, 1.807) is 25.1 Å². The summed E-state index contributed by atoms with van der Waals surface area (Å²) in [5, 5.41) is 2.96. The van der Waals surface area contributed by atoms with Crippen molar-refractivity contribution in [1.29, 1.82) is 0 Å². The van der Waals surface area contributed by atoms with Crippen LogP contribution < -0.4 is 10.1 Å². The van der Waals surface area contributed by atoms with Gasteiger partial charge in [-0.2, -0.15) is 0 Å². The van der Waals surface area contributed by atoms with E-state index in [1.165, 1.54) is 0 Å². The number of nitrogens with one attached hydrogen (secondary N) is 1. The van der Waals surface area contributed by atoms with Crippen LogP contribution in [0.25, 0.3) is 0 Å². The second-order valence-electron chi connectivity index (χ2n) is 6.23. The lowest BCUT2D eigenvalue weighted by atomic mass is 9.84. The van der Waals surface area contributed by atoms with Gasteiger partial charge in [-0.05, 0) is 24.1 Å². The molecule has 2 aromatic carbocycles. The Hall–Kier alpha value is -2.82. The van der Waals surface area contributed by atoms with Gasteiger partial charge in [-0.15, -0.1) is 0 Å². The molecule has 2 atom stereocenters. The summed E-state index contributed by atoms with van der Waals surface area (Å²) in [4.78, 5) is 26.8. The summed E-state index contributed by atoms with van der Waals surface area (Å²) in [5.41, 5.74) is 1.67. The molecule has 2 amide bonds. The number of hydrogen-bond donors (Lipinski definition) is 1. The van der Waals surface area contributed by atoms with Crippen LogP contribution in [0.2, 0.25) is 0 Å². The Kier molecular flexibility index (Phi) is 5.03. The number of methoxy groups -OCH3 is 1. The highest BCUT2D eigenvalue weighted by Gasteiger charge is 2.38. The number of amides is 2. The molecular weight excluding hydrogens is 316 g/mol. The van der Waals surface area contributed by atoms with Gasteiger partial charge >= 0.3 is 0 Å². The van der Waals surface area contributed by atoms with Gasteiger partial charge in [0.1, 0.15) is 5.75 Å². The van der Waals surface area contributed by atoms with Gasteiger partial charge in [0, 0.05) is 25.2 Å². The average molecular weight is 338 g/mol. The first-order valence-electron chi connectivity index (χ1n) is 8.35. The maximum absolute atomic E-state index is 12.9. The van der Waals surface area contributed by atoms with Crippen LogP contribution in [-0.4, -0.2) is 30.9 Å². The van der Waals surface area contributed by atoms with Crippen LogP contribution in [0, 0.1) is 5.92 Å². The Labute approximate surface area is 147 Å². The summed E-state index contributed by atoms with van der Waals surface area (Å²) in [6.45, 7) is 0. The van der Waals surface area contributed by atoms with E-state index in [2.05, 4.69) is 5.32 Å². The normalized spacial score (nSPS) is 20.2. The van der Waals surface area contributed by atoms with Crippen LogP contribution in [0.3, 0.4) is 0 Å². The van der Waals surface area contributed by atoms with Crippen LogP contribution in [0.4, 0.5) is 5.69 Å². The fourth-order valence-electron chi connectivity index (χ4n) is 3.35. The Balaban J connectivity index is 1.84. The number of piperidine rings is 1. The number of ether oxygens (including phenoxy) is 1. The molecule has 1 aliphatic rings. The maximum atomic E-state index is 12.9. The Bertz CT molecular complexity index is 761. The highest BCUT2D eigenvalue weighted by Crippen LogP contribution is 2.36. The van der Waals surface area contributed by atoms with Gasteiger partial charge < -0.3 is 15.0 Å². The molecule has 0 unspecified atom stereocenters. The zero-order valence-corrected chi connectivity index (χ0v) is 14.4. The Morgan fingerprint density at radius 3 is 2.64 bits per heavy atom. The third-order valence-corrected chi connectivity index (χ3v) is 4.68. The summed E-state index contributed by atoms with van der Waals surface area (Å²) < 4.78 is 5.20. The molecule has 1 aliphatic heterocycles. The van der Waals surface area contributed by atoms with Gasteiger partial charge in [0.2, 0.25) is 11.8 Å². The lowest BCUT2D eigenvalue weighted by Gasteiger charge is -2.38. The van der Waals surface area contributed by atoms with Gasteiger partial charge in [0.05, 0.1) is 19.1 Å². The molecule has 25 heavy (non-hydrogen) atoms. The van der Waals surface area contributed by atoms with E-state index < -0.39 is 0 Å². The molecule has 1 saturated heterocycles. The second kappa shape index (κ2) is 7.38. The van der Waals surface area contributed by atoms with Gasteiger partial charge in [0.25, 0.3) is 0 Å². The highest BCUT2D eigenvalue weighted by atomic mass is 16.5.